The Hall–Kier alpha value is 0.391. The molecule has 0 fully saturated rings. The molecule has 0 aromatic rings. The lowest BCUT2D eigenvalue weighted by Crippen LogP contribution is -2.21. The molecule has 0 spiro atoms. The maximum absolute atomic E-state index is 2.52. The SMILES string of the molecule is C[SiH2]/C=C/[SiH2]C[Si](C)(C)C. The lowest BCUT2D eigenvalue weighted by atomic mass is 11.2. The number of hydrogen-bond acceptors (Lipinski definition) is 0. The first kappa shape index (κ1) is 10.4. The highest BCUT2D eigenvalue weighted by Crippen LogP contribution is 2.05. The summed E-state index contributed by atoms with van der Waals surface area (Å²) < 4.78 is 0. The van der Waals surface area contributed by atoms with Crippen LogP contribution in [-0.2, 0) is 0 Å². The normalized spacial score (nSPS) is 15.2. The van der Waals surface area contributed by atoms with Crippen LogP contribution in [0.3, 0.4) is 0 Å². The molecule has 60 valence electrons. The predicted octanol–water partition coefficient (Wildman–Crippen LogP) is 1.14. The summed E-state index contributed by atoms with van der Waals surface area (Å²) in [6.07, 6.45) is 0. The molecule has 0 aliphatic carbocycles. The zero-order valence-corrected chi connectivity index (χ0v) is 11.6. The average Bonchev–Trinajstić information content (AvgIpc) is 1.78. The maximum atomic E-state index is 2.52. The van der Waals surface area contributed by atoms with Crippen molar-refractivity contribution in [3.8, 4) is 0 Å². The van der Waals surface area contributed by atoms with Crippen molar-refractivity contribution in [2.45, 2.75) is 31.9 Å². The molecule has 0 saturated carbocycles. The van der Waals surface area contributed by atoms with Crippen LogP contribution in [0.4, 0.5) is 0 Å². The molecule has 10 heavy (non-hydrogen) atoms. The molecule has 0 unspecified atom stereocenters. The van der Waals surface area contributed by atoms with E-state index in [9.17, 15) is 0 Å². The van der Waals surface area contributed by atoms with Gasteiger partial charge < -0.3 is 0 Å². The van der Waals surface area contributed by atoms with Crippen molar-refractivity contribution in [3.05, 3.63) is 11.4 Å². The van der Waals surface area contributed by atoms with Gasteiger partial charge in [0.05, 0.1) is 0 Å². The summed E-state index contributed by atoms with van der Waals surface area (Å²) in [5.74, 6) is 0. The summed E-state index contributed by atoms with van der Waals surface area (Å²) in [7, 11) is -0.250. The van der Waals surface area contributed by atoms with Gasteiger partial charge in [0.2, 0.25) is 0 Å². The average molecular weight is 188 g/mol. The molecular formula is C7H20Si3. The molecule has 0 aromatic carbocycles. The Balaban J connectivity index is 3.28. The Morgan fingerprint density at radius 3 is 2.20 bits per heavy atom. The van der Waals surface area contributed by atoms with E-state index in [0.717, 1.165) is 0 Å². The van der Waals surface area contributed by atoms with Gasteiger partial charge in [-0.05, 0) is 0 Å². The van der Waals surface area contributed by atoms with Crippen molar-refractivity contribution in [1.82, 2.24) is 0 Å². The van der Waals surface area contributed by atoms with E-state index in [2.05, 4.69) is 37.6 Å². The molecule has 0 bridgehead atoms. The van der Waals surface area contributed by atoms with E-state index in [-0.39, 0.29) is 19.0 Å². The molecule has 0 radical (unpaired) electrons. The second kappa shape index (κ2) is 5.10. The fourth-order valence-electron chi connectivity index (χ4n) is 0.801. The predicted molar refractivity (Wildman–Crippen MR) is 60.2 cm³/mol. The Kier molecular flexibility index (Phi) is 5.29. The topological polar surface area (TPSA) is 0 Å². The van der Waals surface area contributed by atoms with E-state index in [1.54, 1.807) is 5.67 Å². The number of rotatable bonds is 4. The summed E-state index contributed by atoms with van der Waals surface area (Å²) >= 11 is 0. The van der Waals surface area contributed by atoms with E-state index < -0.39 is 8.07 Å². The third kappa shape index (κ3) is 8.39. The molecule has 0 N–H and O–H groups in total. The van der Waals surface area contributed by atoms with Gasteiger partial charge in [-0.25, -0.2) is 0 Å². The van der Waals surface area contributed by atoms with Crippen LogP contribution in [0.2, 0.25) is 31.9 Å². The van der Waals surface area contributed by atoms with Gasteiger partial charge >= 0.3 is 0 Å². The van der Waals surface area contributed by atoms with E-state index in [4.69, 9.17) is 0 Å². The van der Waals surface area contributed by atoms with Crippen LogP contribution in [0, 0.1) is 0 Å². The van der Waals surface area contributed by atoms with Gasteiger partial charge in [-0.3, -0.25) is 0 Å². The minimum atomic E-state index is -0.681. The van der Waals surface area contributed by atoms with Crippen LogP contribution in [-0.4, -0.2) is 27.1 Å². The van der Waals surface area contributed by atoms with Crippen molar-refractivity contribution in [3.63, 3.8) is 0 Å². The van der Waals surface area contributed by atoms with Gasteiger partial charge in [-0.2, -0.15) is 0 Å². The van der Waals surface area contributed by atoms with Crippen LogP contribution in [0.1, 0.15) is 0 Å². The highest BCUT2D eigenvalue weighted by molar-refractivity contribution is 6.84. The monoisotopic (exact) mass is 188 g/mol. The van der Waals surface area contributed by atoms with Gasteiger partial charge in [0.25, 0.3) is 0 Å². The van der Waals surface area contributed by atoms with Crippen LogP contribution in [0.25, 0.3) is 0 Å². The van der Waals surface area contributed by atoms with Crippen LogP contribution >= 0.6 is 0 Å². The summed E-state index contributed by atoms with van der Waals surface area (Å²) in [5, 5.41) is 0. The Morgan fingerprint density at radius 1 is 1.20 bits per heavy atom. The van der Waals surface area contributed by atoms with Crippen molar-refractivity contribution >= 4 is 27.1 Å². The fourth-order valence-corrected chi connectivity index (χ4v) is 7.21. The molecule has 0 aromatic heterocycles. The largest absolute Gasteiger partial charge is 0.110 e. The van der Waals surface area contributed by atoms with Crippen molar-refractivity contribution < 1.29 is 0 Å². The van der Waals surface area contributed by atoms with Gasteiger partial charge in [-0.15, -0.1) is 11.4 Å². The molecule has 0 atom stereocenters. The summed E-state index contributed by atoms with van der Waals surface area (Å²) in [6, 6.07) is 0. The molecule has 0 rings (SSSR count). The van der Waals surface area contributed by atoms with Gasteiger partial charge in [-0.1, -0.05) is 31.9 Å². The summed E-state index contributed by atoms with van der Waals surface area (Å²) in [5.41, 5.74) is 6.58. The van der Waals surface area contributed by atoms with E-state index in [1.165, 1.54) is 0 Å². The Morgan fingerprint density at radius 2 is 1.80 bits per heavy atom. The minimum Gasteiger partial charge on any atom is -0.110 e. The zero-order valence-electron chi connectivity index (χ0n) is 7.78. The standard InChI is InChI=1S/C7H20Si3/c1-8-5-6-9-7-10(2,3)4/h5-6H,7-9H2,1-4H3/b6-5+. The lowest BCUT2D eigenvalue weighted by Gasteiger charge is -2.12. The molecule has 0 heterocycles. The molecule has 0 nitrogen and oxygen atoms in total. The highest BCUT2D eigenvalue weighted by Gasteiger charge is 2.10. The Labute approximate surface area is 70.8 Å². The van der Waals surface area contributed by atoms with Crippen LogP contribution < -0.4 is 0 Å². The molecule has 3 heteroatoms. The van der Waals surface area contributed by atoms with Gasteiger partial charge in [0, 0.05) is 27.1 Å². The van der Waals surface area contributed by atoms with Gasteiger partial charge in [0.15, 0.2) is 0 Å². The quantitative estimate of drug-likeness (QED) is 0.581. The van der Waals surface area contributed by atoms with Crippen molar-refractivity contribution in [1.29, 1.82) is 0 Å². The molecule has 0 aliphatic rings. The van der Waals surface area contributed by atoms with Gasteiger partial charge in [0.1, 0.15) is 0 Å². The molecule has 0 saturated heterocycles. The minimum absolute atomic E-state index is 0.212. The first-order valence-electron chi connectivity index (χ1n) is 4.21. The first-order chi connectivity index (χ1) is 4.56. The van der Waals surface area contributed by atoms with E-state index >= 15 is 0 Å². The second-order valence-electron chi connectivity index (χ2n) is 3.98. The maximum Gasteiger partial charge on any atom is 0.0418 e. The second-order valence-corrected chi connectivity index (χ2v) is 13.4. The summed E-state index contributed by atoms with van der Waals surface area (Å²) in [4.78, 5) is 0. The fraction of sp³-hybridized carbons (Fsp3) is 0.714. The third-order valence-electron chi connectivity index (χ3n) is 1.46. The Bertz CT molecular complexity index is 102. The highest BCUT2D eigenvalue weighted by atomic mass is 28.4. The zero-order chi connectivity index (χ0) is 8.04. The molecular weight excluding hydrogens is 168 g/mol. The molecule has 0 aliphatic heterocycles. The van der Waals surface area contributed by atoms with E-state index in [1.807, 2.05) is 0 Å². The van der Waals surface area contributed by atoms with Crippen LogP contribution in [0.15, 0.2) is 11.4 Å². The third-order valence-corrected chi connectivity index (χ3v) is 10.8. The lowest BCUT2D eigenvalue weighted by molar-refractivity contribution is 1.63. The van der Waals surface area contributed by atoms with Crippen molar-refractivity contribution in [2.24, 2.45) is 0 Å². The number of hydrogen-bond donors (Lipinski definition) is 0. The van der Waals surface area contributed by atoms with Crippen molar-refractivity contribution in [2.75, 3.05) is 0 Å². The first-order valence-corrected chi connectivity index (χ1v) is 12.0. The van der Waals surface area contributed by atoms with E-state index in [0.29, 0.717) is 0 Å². The van der Waals surface area contributed by atoms with Crippen LogP contribution in [0.5, 0.6) is 0 Å². The molecule has 0 amide bonds. The summed E-state index contributed by atoms with van der Waals surface area (Å²) in [6.45, 7) is 9.76. The smallest absolute Gasteiger partial charge is 0.0418 e.